The van der Waals surface area contributed by atoms with Gasteiger partial charge in [0.15, 0.2) is 0 Å². The van der Waals surface area contributed by atoms with Crippen LogP contribution >= 0.6 is 0 Å². The first kappa shape index (κ1) is 12.5. The van der Waals surface area contributed by atoms with Gasteiger partial charge in [-0.05, 0) is 30.6 Å². The molecule has 1 saturated carbocycles. The van der Waals surface area contributed by atoms with Gasteiger partial charge in [-0.25, -0.2) is 0 Å². The summed E-state index contributed by atoms with van der Waals surface area (Å²) in [4.78, 5) is 10.9. The second-order valence-corrected chi connectivity index (χ2v) is 5.56. The Morgan fingerprint density at radius 3 is 2.33 bits per heavy atom. The van der Waals surface area contributed by atoms with Crippen molar-refractivity contribution in [2.24, 2.45) is 11.3 Å². The predicted molar refractivity (Wildman–Crippen MR) is 61.8 cm³/mol. The molecule has 0 bridgehead atoms. The van der Waals surface area contributed by atoms with Gasteiger partial charge in [0.05, 0.1) is 6.42 Å². The third kappa shape index (κ3) is 4.23. The lowest BCUT2D eigenvalue weighted by Crippen LogP contribution is -2.27. The number of rotatable bonds is 5. The standard InChI is InChI=1S/C13H24O2/c1-11(2)6-9-13(10-12(14)15)7-4-3-5-8-13/h11H,3-10H2,1-2H3,(H,14,15). The minimum atomic E-state index is -0.611. The van der Waals surface area contributed by atoms with E-state index in [0.717, 1.165) is 19.3 Å². The van der Waals surface area contributed by atoms with Gasteiger partial charge >= 0.3 is 5.97 Å². The highest BCUT2D eigenvalue weighted by Gasteiger charge is 2.33. The molecule has 0 aromatic heterocycles. The van der Waals surface area contributed by atoms with Gasteiger partial charge in [0.25, 0.3) is 0 Å². The van der Waals surface area contributed by atoms with Crippen LogP contribution < -0.4 is 0 Å². The molecular formula is C13H24O2. The summed E-state index contributed by atoms with van der Waals surface area (Å²) >= 11 is 0. The van der Waals surface area contributed by atoms with E-state index in [1.165, 1.54) is 25.7 Å². The van der Waals surface area contributed by atoms with Gasteiger partial charge in [0.1, 0.15) is 0 Å². The lowest BCUT2D eigenvalue weighted by Gasteiger charge is -2.36. The molecule has 0 saturated heterocycles. The SMILES string of the molecule is CC(C)CCC1(CC(=O)O)CCCCC1. The van der Waals surface area contributed by atoms with Crippen LogP contribution in [0.25, 0.3) is 0 Å². The zero-order chi connectivity index (χ0) is 11.3. The molecule has 0 radical (unpaired) electrons. The van der Waals surface area contributed by atoms with E-state index in [1.807, 2.05) is 0 Å². The van der Waals surface area contributed by atoms with Crippen LogP contribution in [0.15, 0.2) is 0 Å². The van der Waals surface area contributed by atoms with Crippen LogP contribution in [0.5, 0.6) is 0 Å². The minimum absolute atomic E-state index is 0.133. The summed E-state index contributed by atoms with van der Waals surface area (Å²) in [5.41, 5.74) is 0.133. The predicted octanol–water partition coefficient (Wildman–Crippen LogP) is 3.85. The van der Waals surface area contributed by atoms with Crippen LogP contribution in [0.3, 0.4) is 0 Å². The van der Waals surface area contributed by atoms with Crippen molar-refractivity contribution in [2.45, 2.75) is 65.2 Å². The number of carbonyl (C=O) groups is 1. The molecule has 88 valence electrons. The molecule has 0 atom stereocenters. The molecule has 1 N–H and O–H groups in total. The molecule has 0 amide bonds. The average Bonchev–Trinajstić information content (AvgIpc) is 2.15. The Kier molecular flexibility index (Phi) is 4.62. The quantitative estimate of drug-likeness (QED) is 0.751. The van der Waals surface area contributed by atoms with Gasteiger partial charge < -0.3 is 5.11 Å². The van der Waals surface area contributed by atoms with Gasteiger partial charge in [-0.3, -0.25) is 4.79 Å². The summed E-state index contributed by atoms with van der Waals surface area (Å²) in [7, 11) is 0. The number of aliphatic carboxylic acids is 1. The fraction of sp³-hybridized carbons (Fsp3) is 0.923. The van der Waals surface area contributed by atoms with Crippen LogP contribution in [0.2, 0.25) is 0 Å². The number of carboxylic acids is 1. The van der Waals surface area contributed by atoms with Gasteiger partial charge in [-0.15, -0.1) is 0 Å². The fourth-order valence-corrected chi connectivity index (χ4v) is 2.73. The van der Waals surface area contributed by atoms with Crippen molar-refractivity contribution in [1.29, 1.82) is 0 Å². The third-order valence-corrected chi connectivity index (χ3v) is 3.69. The normalized spacial score (nSPS) is 20.5. The lowest BCUT2D eigenvalue weighted by molar-refractivity contribution is -0.140. The third-order valence-electron chi connectivity index (χ3n) is 3.69. The Labute approximate surface area is 93.1 Å². The molecule has 0 spiro atoms. The Balaban J connectivity index is 2.53. The second-order valence-electron chi connectivity index (χ2n) is 5.56. The van der Waals surface area contributed by atoms with Crippen LogP contribution in [-0.2, 0) is 4.79 Å². The fourth-order valence-electron chi connectivity index (χ4n) is 2.73. The highest BCUT2D eigenvalue weighted by Crippen LogP contribution is 2.43. The van der Waals surface area contributed by atoms with E-state index < -0.39 is 5.97 Å². The topological polar surface area (TPSA) is 37.3 Å². The van der Waals surface area contributed by atoms with Gasteiger partial charge in [0.2, 0.25) is 0 Å². The van der Waals surface area contributed by atoms with Gasteiger partial charge in [0, 0.05) is 0 Å². The molecule has 1 aliphatic carbocycles. The first-order chi connectivity index (χ1) is 7.04. The minimum Gasteiger partial charge on any atom is -0.481 e. The summed E-state index contributed by atoms with van der Waals surface area (Å²) in [6.07, 6.45) is 8.68. The Bertz CT molecular complexity index is 203. The van der Waals surface area contributed by atoms with Crippen molar-refractivity contribution in [3.8, 4) is 0 Å². The summed E-state index contributed by atoms with van der Waals surface area (Å²) in [5, 5.41) is 9.00. The highest BCUT2D eigenvalue weighted by atomic mass is 16.4. The monoisotopic (exact) mass is 212 g/mol. The molecule has 0 heterocycles. The maximum Gasteiger partial charge on any atom is 0.303 e. The van der Waals surface area contributed by atoms with Crippen molar-refractivity contribution in [2.75, 3.05) is 0 Å². The van der Waals surface area contributed by atoms with E-state index in [0.29, 0.717) is 12.3 Å². The van der Waals surface area contributed by atoms with E-state index in [1.54, 1.807) is 0 Å². The average molecular weight is 212 g/mol. The first-order valence-corrected chi connectivity index (χ1v) is 6.26. The molecule has 0 unspecified atom stereocenters. The van der Waals surface area contributed by atoms with Crippen molar-refractivity contribution in [3.05, 3.63) is 0 Å². The van der Waals surface area contributed by atoms with Crippen LogP contribution in [0.4, 0.5) is 0 Å². The molecule has 0 aromatic rings. The number of hydrogen-bond acceptors (Lipinski definition) is 1. The molecule has 2 nitrogen and oxygen atoms in total. The van der Waals surface area contributed by atoms with E-state index in [2.05, 4.69) is 13.8 Å². The zero-order valence-electron chi connectivity index (χ0n) is 10.1. The molecule has 15 heavy (non-hydrogen) atoms. The van der Waals surface area contributed by atoms with E-state index in [4.69, 9.17) is 5.11 Å². The molecule has 0 aromatic carbocycles. The Morgan fingerprint density at radius 2 is 1.87 bits per heavy atom. The van der Waals surface area contributed by atoms with E-state index in [-0.39, 0.29) is 5.41 Å². The summed E-state index contributed by atoms with van der Waals surface area (Å²) in [6.45, 7) is 4.44. The molecule has 1 fully saturated rings. The number of hydrogen-bond donors (Lipinski definition) is 1. The number of carboxylic acid groups (broad SMARTS) is 1. The summed E-state index contributed by atoms with van der Waals surface area (Å²) in [5.74, 6) is 0.0817. The molecular weight excluding hydrogens is 188 g/mol. The van der Waals surface area contributed by atoms with Crippen LogP contribution in [-0.4, -0.2) is 11.1 Å². The Hall–Kier alpha value is -0.530. The maximum absolute atomic E-state index is 10.9. The van der Waals surface area contributed by atoms with Gasteiger partial charge in [-0.1, -0.05) is 39.5 Å². The smallest absolute Gasteiger partial charge is 0.303 e. The zero-order valence-corrected chi connectivity index (χ0v) is 10.1. The highest BCUT2D eigenvalue weighted by molar-refractivity contribution is 5.67. The van der Waals surface area contributed by atoms with Crippen LogP contribution in [0.1, 0.15) is 65.2 Å². The summed E-state index contributed by atoms with van der Waals surface area (Å²) < 4.78 is 0. The largest absolute Gasteiger partial charge is 0.481 e. The molecule has 1 aliphatic rings. The molecule has 2 heteroatoms. The molecule has 0 aliphatic heterocycles. The van der Waals surface area contributed by atoms with Crippen molar-refractivity contribution in [1.82, 2.24) is 0 Å². The van der Waals surface area contributed by atoms with Crippen molar-refractivity contribution < 1.29 is 9.90 Å². The molecule has 1 rings (SSSR count). The van der Waals surface area contributed by atoms with E-state index in [9.17, 15) is 4.79 Å². The van der Waals surface area contributed by atoms with E-state index >= 15 is 0 Å². The lowest BCUT2D eigenvalue weighted by atomic mass is 9.68. The first-order valence-electron chi connectivity index (χ1n) is 6.26. The van der Waals surface area contributed by atoms with Crippen molar-refractivity contribution in [3.63, 3.8) is 0 Å². The maximum atomic E-state index is 10.9. The van der Waals surface area contributed by atoms with Crippen molar-refractivity contribution >= 4 is 5.97 Å². The van der Waals surface area contributed by atoms with Crippen LogP contribution in [0, 0.1) is 11.3 Å². The Morgan fingerprint density at radius 1 is 1.27 bits per heavy atom. The second kappa shape index (κ2) is 5.53. The van der Waals surface area contributed by atoms with Gasteiger partial charge in [-0.2, -0.15) is 0 Å². The summed E-state index contributed by atoms with van der Waals surface area (Å²) in [6, 6.07) is 0.